The summed E-state index contributed by atoms with van der Waals surface area (Å²) in [6.07, 6.45) is 6.73. The first-order valence-electron chi connectivity index (χ1n) is 15.0. The fraction of sp³-hybridized carbons (Fsp3) is 0.324. The van der Waals surface area contributed by atoms with Crippen LogP contribution in [0.1, 0.15) is 31.4 Å². The maximum Gasteiger partial charge on any atom is 0.240 e. The van der Waals surface area contributed by atoms with Crippen LogP contribution in [0.4, 0.5) is 11.8 Å². The number of anilines is 2. The van der Waals surface area contributed by atoms with E-state index in [1.54, 1.807) is 12.1 Å². The summed E-state index contributed by atoms with van der Waals surface area (Å²) in [6, 6.07) is 27.2. The summed E-state index contributed by atoms with van der Waals surface area (Å²) in [5.41, 5.74) is 1.98. The second kappa shape index (κ2) is 13.1. The van der Waals surface area contributed by atoms with Gasteiger partial charge in [0.15, 0.2) is 0 Å². The van der Waals surface area contributed by atoms with E-state index in [0.717, 1.165) is 78.4 Å². The standard InChI is InChI=1S/C34H38N6O2S/c1-40(21-19-29-10-6-7-20-35-29)33-31-11-4-5-12-32(31)38-34(39-33)36-23-25-13-15-26(16-14-25)24-37-43(41,42)30-18-17-27-8-2-3-9-28(27)22-30/h2-12,17-18,20,22,25-26,37H,13-16,19,21,23-24H2,1H3,(H,36,38,39)/t25-,26-. The molecule has 0 atom stereocenters. The van der Waals surface area contributed by atoms with Gasteiger partial charge in [0.2, 0.25) is 16.0 Å². The van der Waals surface area contributed by atoms with Gasteiger partial charge in [-0.3, -0.25) is 4.98 Å². The zero-order valence-electron chi connectivity index (χ0n) is 24.5. The molecule has 5 aromatic rings. The molecule has 2 aromatic heterocycles. The van der Waals surface area contributed by atoms with Crippen LogP contribution in [0.25, 0.3) is 21.7 Å². The van der Waals surface area contributed by atoms with Crippen molar-refractivity contribution in [3.05, 3.63) is 96.8 Å². The molecule has 43 heavy (non-hydrogen) atoms. The van der Waals surface area contributed by atoms with Gasteiger partial charge in [-0.25, -0.2) is 18.1 Å². The van der Waals surface area contributed by atoms with Crippen molar-refractivity contribution in [1.82, 2.24) is 19.7 Å². The molecule has 0 bridgehead atoms. The largest absolute Gasteiger partial charge is 0.359 e. The molecule has 0 aliphatic heterocycles. The number of benzene rings is 3. The van der Waals surface area contributed by atoms with Crippen LogP contribution >= 0.6 is 0 Å². The predicted molar refractivity (Wildman–Crippen MR) is 174 cm³/mol. The second-order valence-corrected chi connectivity index (χ2v) is 13.3. The van der Waals surface area contributed by atoms with Crippen molar-refractivity contribution in [3.8, 4) is 0 Å². The minimum Gasteiger partial charge on any atom is -0.359 e. The molecule has 2 N–H and O–H groups in total. The number of likely N-dealkylation sites (N-methyl/N-ethyl adjacent to an activating group) is 1. The van der Waals surface area contributed by atoms with Gasteiger partial charge >= 0.3 is 0 Å². The number of nitrogens with one attached hydrogen (secondary N) is 2. The molecular formula is C34H38N6O2S. The first-order valence-corrected chi connectivity index (χ1v) is 16.5. The van der Waals surface area contributed by atoms with Crippen molar-refractivity contribution in [1.29, 1.82) is 0 Å². The lowest BCUT2D eigenvalue weighted by Crippen LogP contribution is -2.32. The molecule has 1 aliphatic carbocycles. The van der Waals surface area contributed by atoms with Crippen molar-refractivity contribution in [2.75, 3.05) is 36.9 Å². The van der Waals surface area contributed by atoms with Gasteiger partial charge in [-0.1, -0.05) is 48.5 Å². The molecule has 0 unspecified atom stereocenters. The maximum absolute atomic E-state index is 13.0. The average molecular weight is 595 g/mol. The van der Waals surface area contributed by atoms with Crippen LogP contribution in [-0.2, 0) is 16.4 Å². The number of nitrogens with zero attached hydrogens (tertiary/aromatic N) is 4. The molecule has 0 radical (unpaired) electrons. The molecule has 1 saturated carbocycles. The van der Waals surface area contributed by atoms with Crippen molar-refractivity contribution < 1.29 is 8.42 Å². The smallest absolute Gasteiger partial charge is 0.240 e. The number of pyridine rings is 1. The van der Waals surface area contributed by atoms with E-state index in [4.69, 9.17) is 9.97 Å². The van der Waals surface area contributed by atoms with E-state index in [9.17, 15) is 8.42 Å². The first-order chi connectivity index (χ1) is 20.9. The van der Waals surface area contributed by atoms with E-state index in [-0.39, 0.29) is 0 Å². The molecule has 222 valence electrons. The van der Waals surface area contributed by atoms with Crippen molar-refractivity contribution in [2.24, 2.45) is 11.8 Å². The van der Waals surface area contributed by atoms with Gasteiger partial charge in [-0.05, 0) is 84.7 Å². The zero-order chi connectivity index (χ0) is 29.6. The van der Waals surface area contributed by atoms with Gasteiger partial charge < -0.3 is 10.2 Å². The minimum absolute atomic E-state index is 0.321. The number of sulfonamides is 1. The minimum atomic E-state index is -3.55. The molecule has 0 spiro atoms. The molecular weight excluding hydrogens is 556 g/mol. The van der Waals surface area contributed by atoms with Gasteiger partial charge in [0.05, 0.1) is 10.4 Å². The number of fused-ring (bicyclic) bond motifs is 2. The van der Waals surface area contributed by atoms with Crippen LogP contribution in [0.5, 0.6) is 0 Å². The SMILES string of the molecule is CN(CCc1ccccn1)c1nc(NC[C@H]2CC[C@H](CNS(=O)(=O)c3ccc4ccccc4c3)CC2)nc2ccccc12. The summed E-state index contributed by atoms with van der Waals surface area (Å²) in [4.78, 5) is 16.7. The number of hydrogen-bond acceptors (Lipinski definition) is 7. The molecule has 1 aliphatic rings. The Morgan fingerprint density at radius 3 is 2.33 bits per heavy atom. The summed E-state index contributed by atoms with van der Waals surface area (Å²) in [7, 11) is -1.48. The van der Waals surface area contributed by atoms with Crippen LogP contribution in [0, 0.1) is 11.8 Å². The highest BCUT2D eigenvalue weighted by Gasteiger charge is 2.24. The normalized spacial score (nSPS) is 17.2. The third-order valence-corrected chi connectivity index (χ3v) is 9.90. The Balaban J connectivity index is 1.02. The van der Waals surface area contributed by atoms with Crippen LogP contribution in [0.15, 0.2) is 96.0 Å². The quantitative estimate of drug-likeness (QED) is 0.192. The van der Waals surface area contributed by atoms with E-state index in [0.29, 0.717) is 29.2 Å². The fourth-order valence-corrected chi connectivity index (χ4v) is 7.04. The van der Waals surface area contributed by atoms with Gasteiger partial charge in [-0.2, -0.15) is 4.98 Å². The van der Waals surface area contributed by atoms with Crippen LogP contribution in [0.2, 0.25) is 0 Å². The third kappa shape index (κ3) is 7.12. The summed E-state index contributed by atoms with van der Waals surface area (Å²) in [6.45, 7) is 2.06. The maximum atomic E-state index is 13.0. The fourth-order valence-electron chi connectivity index (χ4n) is 5.88. The molecule has 6 rings (SSSR count). The monoisotopic (exact) mass is 594 g/mol. The van der Waals surface area contributed by atoms with E-state index in [1.807, 2.05) is 72.9 Å². The van der Waals surface area contributed by atoms with Crippen LogP contribution in [-0.4, -0.2) is 50.1 Å². The van der Waals surface area contributed by atoms with Crippen LogP contribution < -0.4 is 14.9 Å². The Bertz CT molecular complexity index is 1790. The topological polar surface area (TPSA) is 100 Å². The average Bonchev–Trinajstić information content (AvgIpc) is 3.05. The van der Waals surface area contributed by atoms with Crippen molar-refractivity contribution >= 4 is 43.5 Å². The molecule has 8 nitrogen and oxygen atoms in total. The molecule has 1 fully saturated rings. The Kier molecular flexibility index (Phi) is 8.81. The highest BCUT2D eigenvalue weighted by Crippen LogP contribution is 2.30. The summed E-state index contributed by atoms with van der Waals surface area (Å²) < 4.78 is 28.8. The molecule has 3 aromatic carbocycles. The predicted octanol–water partition coefficient (Wildman–Crippen LogP) is 6.05. The Morgan fingerprint density at radius 2 is 1.53 bits per heavy atom. The van der Waals surface area contributed by atoms with E-state index < -0.39 is 10.0 Å². The Morgan fingerprint density at radius 1 is 0.814 bits per heavy atom. The van der Waals surface area contributed by atoms with Crippen molar-refractivity contribution in [3.63, 3.8) is 0 Å². The second-order valence-electron chi connectivity index (χ2n) is 11.5. The lowest BCUT2D eigenvalue weighted by atomic mass is 9.82. The van der Waals surface area contributed by atoms with Gasteiger partial charge in [0.1, 0.15) is 5.82 Å². The van der Waals surface area contributed by atoms with Gasteiger partial charge in [0, 0.05) is 50.4 Å². The first kappa shape index (κ1) is 29.0. The van der Waals surface area contributed by atoms with Crippen LogP contribution in [0.3, 0.4) is 0 Å². The highest BCUT2D eigenvalue weighted by atomic mass is 32.2. The molecule has 0 saturated heterocycles. The molecule has 9 heteroatoms. The van der Waals surface area contributed by atoms with Gasteiger partial charge in [0.25, 0.3) is 0 Å². The van der Waals surface area contributed by atoms with E-state index in [2.05, 4.69) is 33.0 Å². The number of rotatable bonds is 11. The highest BCUT2D eigenvalue weighted by molar-refractivity contribution is 7.89. The van der Waals surface area contributed by atoms with Gasteiger partial charge in [-0.15, -0.1) is 0 Å². The number of para-hydroxylation sites is 1. The lowest BCUT2D eigenvalue weighted by Gasteiger charge is -2.29. The zero-order valence-corrected chi connectivity index (χ0v) is 25.3. The molecule has 0 amide bonds. The summed E-state index contributed by atoms with van der Waals surface area (Å²) >= 11 is 0. The van der Waals surface area contributed by atoms with E-state index >= 15 is 0 Å². The lowest BCUT2D eigenvalue weighted by molar-refractivity contribution is 0.284. The number of hydrogen-bond donors (Lipinski definition) is 2. The van der Waals surface area contributed by atoms with E-state index in [1.165, 1.54) is 0 Å². The Hall–Kier alpha value is -4.08. The molecule has 2 heterocycles. The third-order valence-electron chi connectivity index (χ3n) is 8.48. The number of aromatic nitrogens is 3. The summed E-state index contributed by atoms with van der Waals surface area (Å²) in [5, 5.41) is 6.50. The van der Waals surface area contributed by atoms with Crippen molar-refractivity contribution in [2.45, 2.75) is 37.0 Å². The summed E-state index contributed by atoms with van der Waals surface area (Å²) in [5.74, 6) is 2.38. The Labute approximate surface area is 253 Å².